The predicted octanol–water partition coefficient (Wildman–Crippen LogP) is 1.27. The number of hydrogen-bond donors (Lipinski definition) is 3. The first-order valence-electron chi connectivity index (χ1n) is 7.64. The van der Waals surface area contributed by atoms with Crippen molar-refractivity contribution in [3.63, 3.8) is 0 Å². The van der Waals surface area contributed by atoms with E-state index >= 15 is 0 Å². The van der Waals surface area contributed by atoms with Gasteiger partial charge in [-0.3, -0.25) is 9.52 Å². The summed E-state index contributed by atoms with van der Waals surface area (Å²) in [7, 11) is 0. The van der Waals surface area contributed by atoms with E-state index in [-0.39, 0.29) is 5.91 Å². The van der Waals surface area contributed by atoms with Crippen molar-refractivity contribution < 1.29 is 4.79 Å². The van der Waals surface area contributed by atoms with Crippen LogP contribution in [0.2, 0.25) is 0 Å². The van der Waals surface area contributed by atoms with Crippen molar-refractivity contribution in [2.45, 2.75) is 49.8 Å². The number of carbonyl (C=O) groups is 1. The number of hydrogen-bond acceptors (Lipinski definition) is 4. The van der Waals surface area contributed by atoms with E-state index in [1.54, 1.807) is 0 Å². The Morgan fingerprint density at radius 2 is 2.21 bits per heavy atom. The summed E-state index contributed by atoms with van der Waals surface area (Å²) in [6, 6.07) is 0.668. The molecule has 4 unspecified atom stereocenters. The van der Waals surface area contributed by atoms with Gasteiger partial charge in [-0.15, -0.1) is 0 Å². The lowest BCUT2D eigenvalue weighted by Crippen LogP contribution is -2.41. The zero-order chi connectivity index (χ0) is 13.2. The third-order valence-corrected chi connectivity index (χ3v) is 6.52. The molecule has 3 rings (SSSR count). The lowest BCUT2D eigenvalue weighted by molar-refractivity contribution is -0.119. The second-order valence-electron chi connectivity index (χ2n) is 6.43. The van der Waals surface area contributed by atoms with E-state index in [1.165, 1.54) is 38.8 Å². The van der Waals surface area contributed by atoms with E-state index in [1.807, 2.05) is 11.9 Å². The van der Waals surface area contributed by atoms with Crippen molar-refractivity contribution in [1.29, 1.82) is 0 Å². The third kappa shape index (κ3) is 3.09. The van der Waals surface area contributed by atoms with Crippen LogP contribution in [-0.2, 0) is 4.79 Å². The number of nitrogens with one attached hydrogen (secondary N) is 2. The third-order valence-electron chi connectivity index (χ3n) is 5.08. The van der Waals surface area contributed by atoms with Crippen LogP contribution >= 0.6 is 11.9 Å². The van der Waals surface area contributed by atoms with Crippen LogP contribution in [0.5, 0.6) is 0 Å². The fourth-order valence-electron chi connectivity index (χ4n) is 4.13. The van der Waals surface area contributed by atoms with Crippen LogP contribution < -0.4 is 15.8 Å². The monoisotopic (exact) mass is 283 g/mol. The molecule has 108 valence electrons. The van der Waals surface area contributed by atoms with Crippen molar-refractivity contribution in [2.75, 3.05) is 13.1 Å². The highest BCUT2D eigenvalue weighted by Gasteiger charge is 2.44. The number of rotatable bonds is 3. The van der Waals surface area contributed by atoms with Gasteiger partial charge in [0.25, 0.3) is 0 Å². The maximum atomic E-state index is 11.1. The molecule has 1 saturated carbocycles. The molecule has 0 bridgehead atoms. The molecule has 2 saturated heterocycles. The highest BCUT2D eigenvalue weighted by molar-refractivity contribution is 7.98. The molecule has 0 radical (unpaired) electrons. The van der Waals surface area contributed by atoms with Crippen molar-refractivity contribution in [2.24, 2.45) is 23.5 Å². The Balaban J connectivity index is 1.62. The molecule has 2 heterocycles. The fourth-order valence-corrected chi connectivity index (χ4v) is 5.66. The normalized spacial score (nSPS) is 42.8. The standard InChI is InChI=1S/C14H25N3OS/c15-13(18)7-9-3-4-12-11(6-9)14(19-17-12)10-2-1-5-16-8-10/h9-12,14,16-17H,1-8H2,(H2,15,18)/t9?,10?,11?,12?,14-/m1/s1. The van der Waals surface area contributed by atoms with Gasteiger partial charge in [0.1, 0.15) is 0 Å². The number of primary amides is 1. The summed E-state index contributed by atoms with van der Waals surface area (Å²) in [6.45, 7) is 2.35. The molecule has 0 aromatic heterocycles. The Kier molecular flexibility index (Phi) is 4.34. The topological polar surface area (TPSA) is 67.2 Å². The van der Waals surface area contributed by atoms with Crippen LogP contribution in [0.3, 0.4) is 0 Å². The van der Waals surface area contributed by atoms with Crippen LogP contribution in [0.1, 0.15) is 38.5 Å². The molecule has 1 amide bonds. The second-order valence-corrected chi connectivity index (χ2v) is 7.44. The van der Waals surface area contributed by atoms with Gasteiger partial charge in [-0.25, -0.2) is 0 Å². The summed E-state index contributed by atoms with van der Waals surface area (Å²) in [5, 5.41) is 4.27. The van der Waals surface area contributed by atoms with E-state index in [0.29, 0.717) is 18.4 Å². The SMILES string of the molecule is NC(=O)CC1CCC2NS[C@H](C3CCCNC3)C2C1. The summed E-state index contributed by atoms with van der Waals surface area (Å²) in [5.41, 5.74) is 5.37. The lowest BCUT2D eigenvalue weighted by Gasteiger charge is -2.36. The number of amides is 1. The van der Waals surface area contributed by atoms with E-state index in [9.17, 15) is 4.79 Å². The van der Waals surface area contributed by atoms with Gasteiger partial charge in [0.2, 0.25) is 5.91 Å². The quantitative estimate of drug-likeness (QED) is 0.682. The van der Waals surface area contributed by atoms with Gasteiger partial charge in [-0.05, 0) is 62.9 Å². The van der Waals surface area contributed by atoms with Gasteiger partial charge in [0, 0.05) is 17.7 Å². The van der Waals surface area contributed by atoms with Crippen LogP contribution in [0.4, 0.5) is 0 Å². The summed E-state index contributed by atoms with van der Waals surface area (Å²) in [5.74, 6) is 1.94. The Morgan fingerprint density at radius 1 is 1.32 bits per heavy atom. The molecule has 1 aliphatic carbocycles. The summed E-state index contributed by atoms with van der Waals surface area (Å²) in [6.07, 6.45) is 6.82. The zero-order valence-electron chi connectivity index (χ0n) is 11.4. The minimum Gasteiger partial charge on any atom is -0.370 e. The van der Waals surface area contributed by atoms with Crippen molar-refractivity contribution in [3.8, 4) is 0 Å². The summed E-state index contributed by atoms with van der Waals surface area (Å²) < 4.78 is 3.65. The van der Waals surface area contributed by atoms with E-state index in [0.717, 1.165) is 23.5 Å². The number of nitrogens with two attached hydrogens (primary N) is 1. The average Bonchev–Trinajstić information content (AvgIpc) is 2.82. The summed E-state index contributed by atoms with van der Waals surface area (Å²) in [4.78, 5) is 11.1. The molecular weight excluding hydrogens is 258 g/mol. The second kappa shape index (κ2) is 6.02. The first-order chi connectivity index (χ1) is 9.24. The molecular formula is C14H25N3OS. The van der Waals surface area contributed by atoms with Gasteiger partial charge in [-0.2, -0.15) is 0 Å². The highest BCUT2D eigenvalue weighted by atomic mass is 32.2. The van der Waals surface area contributed by atoms with E-state index in [2.05, 4.69) is 10.0 Å². The van der Waals surface area contributed by atoms with Gasteiger partial charge in [-0.1, -0.05) is 11.9 Å². The number of fused-ring (bicyclic) bond motifs is 1. The lowest BCUT2D eigenvalue weighted by atomic mass is 9.72. The van der Waals surface area contributed by atoms with Gasteiger partial charge in [0.05, 0.1) is 0 Å². The van der Waals surface area contributed by atoms with Gasteiger partial charge in [0.15, 0.2) is 0 Å². The van der Waals surface area contributed by atoms with E-state index < -0.39 is 0 Å². The smallest absolute Gasteiger partial charge is 0.217 e. The first kappa shape index (κ1) is 13.7. The van der Waals surface area contributed by atoms with Gasteiger partial charge < -0.3 is 11.1 Å². The zero-order valence-corrected chi connectivity index (χ0v) is 12.3. The molecule has 0 spiro atoms. The Labute approximate surface area is 119 Å². The van der Waals surface area contributed by atoms with Crippen LogP contribution in [0.15, 0.2) is 0 Å². The van der Waals surface area contributed by atoms with Crippen LogP contribution in [0, 0.1) is 17.8 Å². The van der Waals surface area contributed by atoms with Gasteiger partial charge >= 0.3 is 0 Å². The average molecular weight is 283 g/mol. The number of piperidine rings is 1. The van der Waals surface area contributed by atoms with Crippen molar-refractivity contribution in [3.05, 3.63) is 0 Å². The Bertz CT molecular complexity index is 333. The largest absolute Gasteiger partial charge is 0.370 e. The van der Waals surface area contributed by atoms with E-state index in [4.69, 9.17) is 5.73 Å². The minimum absolute atomic E-state index is 0.127. The minimum atomic E-state index is -0.127. The highest BCUT2D eigenvalue weighted by Crippen LogP contribution is 2.45. The molecule has 0 aromatic carbocycles. The first-order valence-corrected chi connectivity index (χ1v) is 8.52. The Morgan fingerprint density at radius 3 is 2.95 bits per heavy atom. The molecule has 5 atom stereocenters. The molecule has 3 aliphatic rings. The maximum absolute atomic E-state index is 11.1. The van der Waals surface area contributed by atoms with Crippen LogP contribution in [0.25, 0.3) is 0 Å². The van der Waals surface area contributed by atoms with Crippen molar-refractivity contribution in [1.82, 2.24) is 10.0 Å². The Hall–Kier alpha value is -0.260. The summed E-state index contributed by atoms with van der Waals surface area (Å²) >= 11 is 1.97. The molecule has 4 N–H and O–H groups in total. The van der Waals surface area contributed by atoms with Crippen LogP contribution in [-0.4, -0.2) is 30.3 Å². The number of carbonyl (C=O) groups excluding carboxylic acids is 1. The maximum Gasteiger partial charge on any atom is 0.217 e. The van der Waals surface area contributed by atoms with Crippen molar-refractivity contribution >= 4 is 17.9 Å². The predicted molar refractivity (Wildman–Crippen MR) is 78.5 cm³/mol. The molecule has 3 fully saturated rings. The molecule has 19 heavy (non-hydrogen) atoms. The molecule has 2 aliphatic heterocycles. The molecule has 0 aromatic rings. The molecule has 5 heteroatoms. The molecule has 4 nitrogen and oxygen atoms in total. The fraction of sp³-hybridized carbons (Fsp3) is 0.929.